The molecule has 0 aromatic carbocycles. The maximum atomic E-state index is 11.9. The highest BCUT2D eigenvalue weighted by Crippen LogP contribution is 2.20. The van der Waals surface area contributed by atoms with Crippen LogP contribution < -0.4 is 11.1 Å². The Balaban J connectivity index is 2.42. The number of aromatic nitrogens is 2. The molecule has 0 spiro atoms. The van der Waals surface area contributed by atoms with Crippen molar-refractivity contribution in [3.8, 4) is 0 Å². The number of nitrogens with zero attached hydrogens (tertiary/aromatic N) is 2. The van der Waals surface area contributed by atoms with Crippen LogP contribution in [0.1, 0.15) is 18.5 Å². The standard InChI is InChI=1S/C9H11F3N4S/c10-9(11,12)3-1-4-14-8-15-5-2-6(16-8)7(13)17/h2,5H,1,3-4H2,(H2,13,17)(H,14,15,16). The van der Waals surface area contributed by atoms with Gasteiger partial charge in [-0.25, -0.2) is 9.97 Å². The summed E-state index contributed by atoms with van der Waals surface area (Å²) < 4.78 is 35.6. The Labute approximate surface area is 101 Å². The van der Waals surface area contributed by atoms with Gasteiger partial charge in [0.1, 0.15) is 10.7 Å². The van der Waals surface area contributed by atoms with E-state index in [1.807, 2.05) is 0 Å². The fourth-order valence-electron chi connectivity index (χ4n) is 1.07. The number of alkyl halides is 3. The van der Waals surface area contributed by atoms with E-state index in [1.165, 1.54) is 12.3 Å². The molecule has 0 radical (unpaired) electrons. The first-order valence-electron chi connectivity index (χ1n) is 4.82. The van der Waals surface area contributed by atoms with Crippen molar-refractivity contribution in [3.63, 3.8) is 0 Å². The van der Waals surface area contributed by atoms with Crippen LogP contribution in [0.25, 0.3) is 0 Å². The summed E-state index contributed by atoms with van der Waals surface area (Å²) in [6.45, 7) is 0.139. The van der Waals surface area contributed by atoms with Gasteiger partial charge in [0.15, 0.2) is 0 Å². The monoisotopic (exact) mass is 264 g/mol. The zero-order valence-electron chi connectivity index (χ0n) is 8.79. The molecule has 17 heavy (non-hydrogen) atoms. The number of nitrogens with one attached hydrogen (secondary N) is 1. The van der Waals surface area contributed by atoms with Crippen LogP contribution in [0.3, 0.4) is 0 Å². The molecule has 1 heterocycles. The van der Waals surface area contributed by atoms with Gasteiger partial charge in [0.25, 0.3) is 0 Å². The third kappa shape index (κ3) is 5.43. The lowest BCUT2D eigenvalue weighted by Crippen LogP contribution is -2.15. The zero-order chi connectivity index (χ0) is 12.9. The second-order valence-electron chi connectivity index (χ2n) is 3.28. The normalized spacial score (nSPS) is 11.2. The first kappa shape index (κ1) is 13.6. The van der Waals surface area contributed by atoms with E-state index in [9.17, 15) is 13.2 Å². The molecule has 4 nitrogen and oxygen atoms in total. The summed E-state index contributed by atoms with van der Waals surface area (Å²) in [6.07, 6.45) is -3.57. The quantitative estimate of drug-likeness (QED) is 0.628. The summed E-state index contributed by atoms with van der Waals surface area (Å²) >= 11 is 4.72. The number of anilines is 1. The highest BCUT2D eigenvalue weighted by molar-refractivity contribution is 7.80. The molecule has 1 rings (SSSR count). The molecule has 1 aromatic heterocycles. The van der Waals surface area contributed by atoms with E-state index >= 15 is 0 Å². The van der Waals surface area contributed by atoms with E-state index < -0.39 is 12.6 Å². The molecule has 0 saturated carbocycles. The molecule has 0 amide bonds. The summed E-state index contributed by atoms with van der Waals surface area (Å²) in [5.74, 6) is 0.220. The Morgan fingerprint density at radius 1 is 1.47 bits per heavy atom. The van der Waals surface area contributed by atoms with Gasteiger partial charge in [-0.05, 0) is 12.5 Å². The molecule has 0 bridgehead atoms. The fraction of sp³-hybridized carbons (Fsp3) is 0.444. The smallest absolute Gasteiger partial charge is 0.388 e. The minimum Gasteiger partial charge on any atom is -0.388 e. The summed E-state index contributed by atoms with van der Waals surface area (Å²) in [5.41, 5.74) is 5.74. The van der Waals surface area contributed by atoms with Gasteiger partial charge in [0.2, 0.25) is 5.95 Å². The van der Waals surface area contributed by atoms with Gasteiger partial charge in [-0.3, -0.25) is 0 Å². The van der Waals surface area contributed by atoms with Crippen molar-refractivity contribution < 1.29 is 13.2 Å². The molecular formula is C9H11F3N4S. The average molecular weight is 264 g/mol. The Morgan fingerprint density at radius 2 is 2.18 bits per heavy atom. The number of nitrogens with two attached hydrogens (primary N) is 1. The molecule has 0 aliphatic heterocycles. The van der Waals surface area contributed by atoms with Crippen LogP contribution >= 0.6 is 12.2 Å². The van der Waals surface area contributed by atoms with Crippen molar-refractivity contribution in [1.29, 1.82) is 0 Å². The van der Waals surface area contributed by atoms with Crippen molar-refractivity contribution >= 4 is 23.2 Å². The highest BCUT2D eigenvalue weighted by Gasteiger charge is 2.25. The van der Waals surface area contributed by atoms with Gasteiger partial charge >= 0.3 is 6.18 Å². The van der Waals surface area contributed by atoms with E-state index in [2.05, 4.69) is 15.3 Å². The first-order chi connectivity index (χ1) is 7.88. The van der Waals surface area contributed by atoms with Crippen LogP contribution in [0, 0.1) is 0 Å². The topological polar surface area (TPSA) is 63.8 Å². The van der Waals surface area contributed by atoms with Gasteiger partial charge in [-0.2, -0.15) is 13.2 Å². The van der Waals surface area contributed by atoms with Gasteiger partial charge in [0, 0.05) is 19.2 Å². The molecule has 3 N–H and O–H groups in total. The second kappa shape index (κ2) is 5.76. The minimum atomic E-state index is -4.14. The Bertz CT molecular complexity index is 394. The zero-order valence-corrected chi connectivity index (χ0v) is 9.61. The molecule has 0 atom stereocenters. The number of halogens is 3. The van der Waals surface area contributed by atoms with Crippen LogP contribution in [0.15, 0.2) is 12.3 Å². The number of hydrogen-bond donors (Lipinski definition) is 2. The third-order valence-electron chi connectivity index (χ3n) is 1.83. The SMILES string of the molecule is NC(=S)c1ccnc(NCCCC(F)(F)F)n1. The largest absolute Gasteiger partial charge is 0.389 e. The van der Waals surface area contributed by atoms with Gasteiger partial charge in [0.05, 0.1) is 0 Å². The van der Waals surface area contributed by atoms with Crippen LogP contribution in [-0.4, -0.2) is 27.7 Å². The first-order valence-corrected chi connectivity index (χ1v) is 5.23. The van der Waals surface area contributed by atoms with Gasteiger partial charge in [-0.1, -0.05) is 12.2 Å². The van der Waals surface area contributed by atoms with Crippen LogP contribution in [0.2, 0.25) is 0 Å². The predicted molar refractivity (Wildman–Crippen MR) is 61.7 cm³/mol. The summed E-state index contributed by atoms with van der Waals surface area (Å²) in [4.78, 5) is 7.89. The van der Waals surface area contributed by atoms with Crippen LogP contribution in [-0.2, 0) is 0 Å². The molecule has 0 aliphatic carbocycles. The number of thiocarbonyl (C=S) groups is 1. The van der Waals surface area contributed by atoms with E-state index in [4.69, 9.17) is 18.0 Å². The third-order valence-corrected chi connectivity index (χ3v) is 2.04. The van der Waals surface area contributed by atoms with E-state index in [0.717, 1.165) is 0 Å². The Hall–Kier alpha value is -1.44. The van der Waals surface area contributed by atoms with Crippen molar-refractivity contribution in [2.75, 3.05) is 11.9 Å². The van der Waals surface area contributed by atoms with Gasteiger partial charge in [-0.15, -0.1) is 0 Å². The van der Waals surface area contributed by atoms with Crippen LogP contribution in [0.5, 0.6) is 0 Å². The average Bonchev–Trinajstić information content (AvgIpc) is 2.23. The maximum absolute atomic E-state index is 11.9. The van der Waals surface area contributed by atoms with E-state index in [0.29, 0.717) is 5.69 Å². The Kier molecular flexibility index (Phi) is 4.62. The van der Waals surface area contributed by atoms with Crippen molar-refractivity contribution in [1.82, 2.24) is 9.97 Å². The van der Waals surface area contributed by atoms with E-state index in [-0.39, 0.29) is 23.9 Å². The predicted octanol–water partition coefficient (Wildman–Crippen LogP) is 1.87. The van der Waals surface area contributed by atoms with Crippen molar-refractivity contribution in [3.05, 3.63) is 18.0 Å². The molecule has 0 unspecified atom stereocenters. The minimum absolute atomic E-state index is 0.0375. The maximum Gasteiger partial charge on any atom is 0.389 e. The Morgan fingerprint density at radius 3 is 2.76 bits per heavy atom. The van der Waals surface area contributed by atoms with Crippen molar-refractivity contribution in [2.24, 2.45) is 5.73 Å². The molecule has 0 aliphatic rings. The molecule has 0 fully saturated rings. The molecule has 94 valence electrons. The summed E-state index contributed by atoms with van der Waals surface area (Å²) in [6, 6.07) is 1.53. The van der Waals surface area contributed by atoms with Gasteiger partial charge < -0.3 is 11.1 Å². The fourth-order valence-corrected chi connectivity index (χ4v) is 1.18. The molecular weight excluding hydrogens is 253 g/mol. The number of hydrogen-bond acceptors (Lipinski definition) is 4. The van der Waals surface area contributed by atoms with E-state index in [1.54, 1.807) is 0 Å². The van der Waals surface area contributed by atoms with Crippen LogP contribution in [0.4, 0.5) is 19.1 Å². The lowest BCUT2D eigenvalue weighted by Gasteiger charge is -2.07. The summed E-state index contributed by atoms with van der Waals surface area (Å²) in [7, 11) is 0. The lowest BCUT2D eigenvalue weighted by molar-refractivity contribution is -0.134. The second-order valence-corrected chi connectivity index (χ2v) is 3.72. The molecule has 1 aromatic rings. The summed E-state index contributed by atoms with van der Waals surface area (Å²) in [5, 5.41) is 2.68. The molecule has 8 heteroatoms. The highest BCUT2D eigenvalue weighted by atomic mass is 32.1. The number of rotatable bonds is 5. The lowest BCUT2D eigenvalue weighted by atomic mass is 10.3. The van der Waals surface area contributed by atoms with Crippen molar-refractivity contribution in [2.45, 2.75) is 19.0 Å². The molecule has 0 saturated heterocycles.